The van der Waals surface area contributed by atoms with E-state index in [2.05, 4.69) is 35.3 Å². The summed E-state index contributed by atoms with van der Waals surface area (Å²) in [7, 11) is 0. The summed E-state index contributed by atoms with van der Waals surface area (Å²) in [5.74, 6) is -0.0159. The Labute approximate surface area is 216 Å². The van der Waals surface area contributed by atoms with Gasteiger partial charge in [-0.1, -0.05) is 54.6 Å². The summed E-state index contributed by atoms with van der Waals surface area (Å²) in [5.41, 5.74) is 8.01. The van der Waals surface area contributed by atoms with Crippen molar-refractivity contribution in [1.29, 1.82) is 5.26 Å². The van der Waals surface area contributed by atoms with E-state index in [4.69, 9.17) is 9.47 Å². The van der Waals surface area contributed by atoms with Crippen molar-refractivity contribution in [3.63, 3.8) is 0 Å². The average molecular weight is 490 g/mol. The lowest BCUT2D eigenvalue weighted by Gasteiger charge is -2.43. The number of anilines is 1. The Balaban J connectivity index is 1.30. The molecular formula is C31H27N3O3. The molecule has 6 nitrogen and oxygen atoms in total. The number of nitrogens with one attached hydrogen (secondary N) is 1. The van der Waals surface area contributed by atoms with E-state index >= 15 is 0 Å². The van der Waals surface area contributed by atoms with Crippen LogP contribution in [0.25, 0.3) is 22.4 Å². The molecule has 1 aliphatic carbocycles. The molecule has 1 atom stereocenters. The van der Waals surface area contributed by atoms with Gasteiger partial charge in [0, 0.05) is 17.2 Å². The van der Waals surface area contributed by atoms with Gasteiger partial charge in [-0.2, -0.15) is 5.26 Å². The zero-order valence-corrected chi connectivity index (χ0v) is 21.0. The third-order valence-electron chi connectivity index (χ3n) is 7.38. The van der Waals surface area contributed by atoms with Crippen LogP contribution < -0.4 is 4.90 Å². The molecule has 1 unspecified atom stereocenters. The Morgan fingerprint density at radius 2 is 1.70 bits per heavy atom. The van der Waals surface area contributed by atoms with Crippen LogP contribution in [0, 0.1) is 11.3 Å². The number of ether oxygens (including phenoxy) is 2. The van der Waals surface area contributed by atoms with Crippen LogP contribution >= 0.6 is 0 Å². The number of fused-ring (bicyclic) bond motifs is 4. The lowest BCUT2D eigenvalue weighted by molar-refractivity contribution is -0.0766. The second kappa shape index (κ2) is 8.65. The molecule has 0 radical (unpaired) electrons. The quantitative estimate of drug-likeness (QED) is 0.339. The molecule has 2 aliphatic rings. The summed E-state index contributed by atoms with van der Waals surface area (Å²) in [6.07, 6.45) is -0.940. The van der Waals surface area contributed by atoms with Gasteiger partial charge in [0.2, 0.25) is 0 Å². The van der Waals surface area contributed by atoms with Gasteiger partial charge in [-0.05, 0) is 72.9 Å². The molecule has 6 heteroatoms. The van der Waals surface area contributed by atoms with Crippen LogP contribution in [0.5, 0.6) is 0 Å². The van der Waals surface area contributed by atoms with Crippen LogP contribution in [0.1, 0.15) is 49.1 Å². The van der Waals surface area contributed by atoms with Crippen molar-refractivity contribution in [3.8, 4) is 28.5 Å². The monoisotopic (exact) mass is 489 g/mol. The summed E-state index contributed by atoms with van der Waals surface area (Å²) in [4.78, 5) is 18.2. The first-order valence-corrected chi connectivity index (χ1v) is 12.4. The van der Waals surface area contributed by atoms with Crippen molar-refractivity contribution < 1.29 is 14.3 Å². The van der Waals surface area contributed by atoms with E-state index in [9.17, 15) is 10.1 Å². The minimum atomic E-state index is -0.616. The van der Waals surface area contributed by atoms with E-state index in [1.165, 1.54) is 22.3 Å². The largest absolute Gasteiger partial charge is 0.448 e. The molecule has 4 aromatic rings. The first-order valence-electron chi connectivity index (χ1n) is 12.4. The second-order valence-corrected chi connectivity index (χ2v) is 10.0. The molecule has 0 saturated heterocycles. The predicted octanol–water partition coefficient (Wildman–Crippen LogP) is 6.92. The topological polar surface area (TPSA) is 78.4 Å². The molecule has 6 rings (SSSR count). The van der Waals surface area contributed by atoms with Crippen LogP contribution in [0.4, 0.5) is 10.5 Å². The molecule has 0 fully saturated rings. The average Bonchev–Trinajstić information content (AvgIpc) is 3.50. The highest BCUT2D eigenvalue weighted by atomic mass is 16.6. The number of rotatable bonds is 3. The molecule has 3 aromatic carbocycles. The molecule has 1 aromatic heterocycles. The first-order chi connectivity index (χ1) is 17.9. The Kier molecular flexibility index (Phi) is 5.40. The molecule has 37 heavy (non-hydrogen) atoms. The third kappa shape index (κ3) is 3.80. The van der Waals surface area contributed by atoms with Gasteiger partial charge in [-0.25, -0.2) is 4.79 Å². The van der Waals surface area contributed by atoms with Gasteiger partial charge in [0.05, 0.1) is 11.3 Å². The molecule has 0 spiro atoms. The number of benzene rings is 3. The summed E-state index contributed by atoms with van der Waals surface area (Å²) in [5, 5.41) is 9.18. The van der Waals surface area contributed by atoms with E-state index < -0.39 is 17.9 Å². The standard InChI is InChI=1S/C31H27N3O3/c1-19-34(29-15-12-20(16-27(29)31(2,3)37-19)28-14-13-21(17-32)33-28)30(35)36-18-26-24-10-6-4-8-22(24)23-9-5-7-11-25(23)26/h4-16,19,26,33H,18H2,1-3H3. The summed E-state index contributed by atoms with van der Waals surface area (Å²) < 4.78 is 12.3. The maximum Gasteiger partial charge on any atom is 0.416 e. The number of nitriles is 1. The molecule has 184 valence electrons. The van der Waals surface area contributed by atoms with Crippen molar-refractivity contribution in [1.82, 2.24) is 4.98 Å². The van der Waals surface area contributed by atoms with Crippen LogP contribution in [0.15, 0.2) is 78.9 Å². The lowest BCUT2D eigenvalue weighted by Crippen LogP contribution is -2.49. The maximum atomic E-state index is 13.5. The van der Waals surface area contributed by atoms with E-state index in [0.717, 1.165) is 22.5 Å². The van der Waals surface area contributed by atoms with Crippen LogP contribution in [-0.4, -0.2) is 23.9 Å². The smallest absolute Gasteiger partial charge is 0.416 e. The Hall–Kier alpha value is -4.34. The second-order valence-electron chi connectivity index (χ2n) is 10.0. The van der Waals surface area contributed by atoms with Crippen molar-refractivity contribution >= 4 is 11.8 Å². The summed E-state index contributed by atoms with van der Waals surface area (Å²) >= 11 is 0. The van der Waals surface area contributed by atoms with Gasteiger partial charge in [-0.15, -0.1) is 0 Å². The van der Waals surface area contributed by atoms with Crippen molar-refractivity contribution in [3.05, 3.63) is 101 Å². The lowest BCUT2D eigenvalue weighted by atomic mass is 9.91. The normalized spacial score (nSPS) is 17.5. The number of aromatic amines is 1. The number of hydrogen-bond donors (Lipinski definition) is 1. The SMILES string of the molecule is CC1OC(C)(C)c2cc(-c3ccc(C#N)[nH]3)ccc2N1C(=O)OCC1c2ccccc2-c2ccccc21. The van der Waals surface area contributed by atoms with E-state index in [0.29, 0.717) is 5.69 Å². The minimum absolute atomic E-state index is 0.0159. The van der Waals surface area contributed by atoms with E-state index in [1.807, 2.05) is 69.3 Å². The summed E-state index contributed by atoms with van der Waals surface area (Å²) in [6.45, 7) is 6.10. The summed E-state index contributed by atoms with van der Waals surface area (Å²) in [6, 6.07) is 28.2. The highest BCUT2D eigenvalue weighted by molar-refractivity contribution is 5.91. The van der Waals surface area contributed by atoms with E-state index in [-0.39, 0.29) is 12.5 Å². The first kappa shape index (κ1) is 23.1. The maximum absolute atomic E-state index is 13.5. The fraction of sp³-hybridized carbons (Fsp3) is 0.226. The van der Waals surface area contributed by atoms with Gasteiger partial charge in [0.25, 0.3) is 0 Å². The number of carbonyl (C=O) groups excluding carboxylic acids is 1. The Morgan fingerprint density at radius 1 is 1.03 bits per heavy atom. The van der Waals surface area contributed by atoms with Crippen LogP contribution in [0.3, 0.4) is 0 Å². The molecule has 0 saturated carbocycles. The van der Waals surface area contributed by atoms with E-state index in [1.54, 1.807) is 11.0 Å². The highest BCUT2D eigenvalue weighted by Gasteiger charge is 2.40. The fourth-order valence-corrected chi connectivity index (χ4v) is 5.67. The van der Waals surface area contributed by atoms with Gasteiger partial charge in [0.15, 0.2) is 0 Å². The third-order valence-corrected chi connectivity index (χ3v) is 7.38. The number of H-pyrrole nitrogens is 1. The van der Waals surface area contributed by atoms with Crippen molar-refractivity contribution in [2.24, 2.45) is 0 Å². The van der Waals surface area contributed by atoms with Crippen molar-refractivity contribution in [2.45, 2.75) is 38.5 Å². The van der Waals surface area contributed by atoms with Crippen LogP contribution in [0.2, 0.25) is 0 Å². The van der Waals surface area contributed by atoms with Gasteiger partial charge >= 0.3 is 6.09 Å². The van der Waals surface area contributed by atoms with Crippen LogP contribution in [-0.2, 0) is 15.1 Å². The molecular weight excluding hydrogens is 462 g/mol. The Bertz CT molecular complexity index is 1520. The van der Waals surface area contributed by atoms with Gasteiger partial charge < -0.3 is 14.5 Å². The van der Waals surface area contributed by atoms with Gasteiger partial charge in [-0.3, -0.25) is 4.90 Å². The zero-order valence-electron chi connectivity index (χ0n) is 21.0. The van der Waals surface area contributed by atoms with Gasteiger partial charge in [0.1, 0.15) is 24.6 Å². The molecule has 1 amide bonds. The number of carbonyl (C=O) groups is 1. The molecule has 0 bridgehead atoms. The molecule has 2 heterocycles. The number of amides is 1. The van der Waals surface area contributed by atoms with Crippen molar-refractivity contribution in [2.75, 3.05) is 11.5 Å². The zero-order chi connectivity index (χ0) is 25.7. The Morgan fingerprint density at radius 3 is 2.35 bits per heavy atom. The number of nitrogens with zero attached hydrogens (tertiary/aromatic N) is 2. The minimum Gasteiger partial charge on any atom is -0.448 e. The predicted molar refractivity (Wildman–Crippen MR) is 142 cm³/mol. The molecule has 1 N–H and O–H groups in total. The number of hydrogen-bond acceptors (Lipinski definition) is 4. The highest BCUT2D eigenvalue weighted by Crippen LogP contribution is 2.45. The molecule has 1 aliphatic heterocycles. The fourth-order valence-electron chi connectivity index (χ4n) is 5.67. The number of aromatic nitrogens is 1.